The normalized spacial score (nSPS) is 17.4. The molecule has 1 N–H and O–H groups in total. The van der Waals surface area contributed by atoms with Crippen molar-refractivity contribution in [3.05, 3.63) is 87.4 Å². The number of aryl methyl sites for hydroxylation is 2. The molecule has 1 atom stereocenters. The Bertz CT molecular complexity index is 1260. The highest BCUT2D eigenvalue weighted by Crippen LogP contribution is 2.43. The lowest BCUT2D eigenvalue weighted by molar-refractivity contribution is -0.132. The Morgan fingerprint density at radius 2 is 1.76 bits per heavy atom. The number of hydrogen-bond acceptors (Lipinski definition) is 7. The van der Waals surface area contributed by atoms with E-state index in [1.54, 1.807) is 50.2 Å². The summed E-state index contributed by atoms with van der Waals surface area (Å²) < 4.78 is 5.08. The molecule has 2 aromatic carbocycles. The Morgan fingerprint density at radius 1 is 1.09 bits per heavy atom. The first-order chi connectivity index (χ1) is 15.8. The number of aliphatic hydroxyl groups is 1. The Kier molecular flexibility index (Phi) is 6.11. The van der Waals surface area contributed by atoms with E-state index in [4.69, 9.17) is 4.74 Å². The third-order valence-electron chi connectivity index (χ3n) is 5.34. The van der Waals surface area contributed by atoms with Crippen LogP contribution in [0, 0.1) is 13.8 Å². The number of ketones is 1. The number of anilines is 1. The number of aromatic nitrogens is 1. The van der Waals surface area contributed by atoms with Gasteiger partial charge in [-0.15, -0.1) is 0 Å². The van der Waals surface area contributed by atoms with Gasteiger partial charge in [-0.05, 0) is 26.3 Å². The highest BCUT2D eigenvalue weighted by atomic mass is 32.1. The summed E-state index contributed by atoms with van der Waals surface area (Å²) in [5.41, 5.74) is 2.44. The van der Waals surface area contributed by atoms with Crippen LogP contribution in [0.4, 0.5) is 5.13 Å². The monoisotopic (exact) mass is 462 g/mol. The summed E-state index contributed by atoms with van der Waals surface area (Å²) in [5, 5.41) is 11.3. The highest BCUT2D eigenvalue weighted by Gasteiger charge is 2.48. The van der Waals surface area contributed by atoms with Gasteiger partial charge in [-0.2, -0.15) is 0 Å². The van der Waals surface area contributed by atoms with Crippen molar-refractivity contribution in [1.29, 1.82) is 0 Å². The molecule has 1 fully saturated rings. The maximum atomic E-state index is 13.2. The fraction of sp³-hybridized carbons (Fsp3) is 0.200. The molecule has 1 amide bonds. The van der Waals surface area contributed by atoms with Crippen molar-refractivity contribution >= 4 is 39.9 Å². The summed E-state index contributed by atoms with van der Waals surface area (Å²) in [4.78, 5) is 44.6. The van der Waals surface area contributed by atoms with Crippen LogP contribution >= 0.6 is 11.3 Å². The average Bonchev–Trinajstić information content (AvgIpc) is 3.31. The Hall–Kier alpha value is -3.78. The molecule has 8 heteroatoms. The van der Waals surface area contributed by atoms with Crippen LogP contribution in [0.3, 0.4) is 0 Å². The fourth-order valence-electron chi connectivity index (χ4n) is 3.72. The van der Waals surface area contributed by atoms with E-state index >= 15 is 0 Å². The van der Waals surface area contributed by atoms with Gasteiger partial charge in [0.2, 0.25) is 0 Å². The van der Waals surface area contributed by atoms with Crippen molar-refractivity contribution in [2.45, 2.75) is 26.8 Å². The molecule has 3 aromatic rings. The highest BCUT2D eigenvalue weighted by molar-refractivity contribution is 7.17. The molecule has 7 nitrogen and oxygen atoms in total. The molecule has 1 aromatic heterocycles. The summed E-state index contributed by atoms with van der Waals surface area (Å²) in [6.07, 6.45) is 0. The molecule has 33 heavy (non-hydrogen) atoms. The fourth-order valence-corrected chi connectivity index (χ4v) is 4.71. The zero-order valence-corrected chi connectivity index (χ0v) is 19.2. The number of thiazole rings is 1. The molecule has 0 bridgehead atoms. The van der Waals surface area contributed by atoms with Crippen molar-refractivity contribution in [2.75, 3.05) is 11.5 Å². The van der Waals surface area contributed by atoms with E-state index in [9.17, 15) is 19.5 Å². The number of amides is 1. The van der Waals surface area contributed by atoms with Gasteiger partial charge < -0.3 is 9.84 Å². The molecule has 4 rings (SSSR count). The SMILES string of the molecule is CCOC(=O)c1sc(N2C(=O)C(=O)C(=C(O)c3ccc(C)cc3)[C@@H]2c2ccccc2)nc1C. The van der Waals surface area contributed by atoms with Crippen molar-refractivity contribution < 1.29 is 24.2 Å². The van der Waals surface area contributed by atoms with Crippen LogP contribution in [0.2, 0.25) is 0 Å². The van der Waals surface area contributed by atoms with Crippen LogP contribution in [0.25, 0.3) is 5.76 Å². The zero-order chi connectivity index (χ0) is 23.7. The zero-order valence-electron chi connectivity index (χ0n) is 18.4. The number of hydrogen-bond donors (Lipinski definition) is 1. The average molecular weight is 463 g/mol. The van der Waals surface area contributed by atoms with Gasteiger partial charge in [-0.25, -0.2) is 9.78 Å². The van der Waals surface area contributed by atoms with Gasteiger partial charge in [0.15, 0.2) is 5.13 Å². The van der Waals surface area contributed by atoms with Gasteiger partial charge in [0.05, 0.1) is 23.9 Å². The van der Waals surface area contributed by atoms with E-state index in [-0.39, 0.29) is 27.9 Å². The number of carbonyl (C=O) groups excluding carboxylic acids is 3. The van der Waals surface area contributed by atoms with E-state index in [1.807, 2.05) is 25.1 Å². The van der Waals surface area contributed by atoms with Crippen LogP contribution in [0.15, 0.2) is 60.2 Å². The third kappa shape index (κ3) is 4.05. The molecule has 0 saturated carbocycles. The number of rotatable bonds is 5. The molecular formula is C25H22N2O5S. The Morgan fingerprint density at radius 3 is 2.39 bits per heavy atom. The summed E-state index contributed by atoms with van der Waals surface area (Å²) in [7, 11) is 0. The van der Waals surface area contributed by atoms with E-state index < -0.39 is 23.7 Å². The van der Waals surface area contributed by atoms with E-state index in [1.165, 1.54) is 4.90 Å². The van der Waals surface area contributed by atoms with Gasteiger partial charge >= 0.3 is 11.9 Å². The first-order valence-electron chi connectivity index (χ1n) is 10.4. The molecule has 168 valence electrons. The molecule has 1 saturated heterocycles. The molecule has 1 aliphatic rings. The van der Waals surface area contributed by atoms with Crippen molar-refractivity contribution in [3.63, 3.8) is 0 Å². The number of aliphatic hydroxyl groups excluding tert-OH is 1. The van der Waals surface area contributed by atoms with E-state index in [0.717, 1.165) is 16.9 Å². The Balaban J connectivity index is 1.89. The standard InChI is InChI=1S/C25H22N2O5S/c1-4-32-24(31)22-15(3)26-25(33-22)27-19(16-8-6-5-7-9-16)18(21(29)23(27)30)20(28)17-12-10-14(2)11-13-17/h5-13,19,28H,4H2,1-3H3/t19-/m0/s1. The van der Waals surface area contributed by atoms with Gasteiger partial charge in [-0.1, -0.05) is 71.5 Å². The molecular weight excluding hydrogens is 440 g/mol. The van der Waals surface area contributed by atoms with Crippen molar-refractivity contribution in [2.24, 2.45) is 0 Å². The molecule has 0 unspecified atom stereocenters. The largest absolute Gasteiger partial charge is 0.507 e. The second-order valence-corrected chi connectivity index (χ2v) is 8.55. The predicted molar refractivity (Wildman–Crippen MR) is 125 cm³/mol. The third-order valence-corrected chi connectivity index (χ3v) is 6.47. The maximum absolute atomic E-state index is 13.2. The number of carbonyl (C=O) groups is 3. The quantitative estimate of drug-likeness (QED) is 0.258. The molecule has 0 radical (unpaired) electrons. The molecule has 2 heterocycles. The number of Topliss-reactive ketones (excluding diaryl/α,β-unsaturated/α-hetero) is 1. The van der Waals surface area contributed by atoms with Gasteiger partial charge in [0.25, 0.3) is 5.78 Å². The minimum absolute atomic E-state index is 0.0272. The minimum atomic E-state index is -0.895. The first kappa shape index (κ1) is 22.4. The lowest BCUT2D eigenvalue weighted by Gasteiger charge is -2.23. The van der Waals surface area contributed by atoms with Crippen molar-refractivity contribution in [1.82, 2.24) is 4.98 Å². The lowest BCUT2D eigenvalue weighted by Crippen LogP contribution is -2.29. The first-order valence-corrected chi connectivity index (χ1v) is 11.2. The van der Waals surface area contributed by atoms with Crippen LogP contribution in [0.1, 0.15) is 45.0 Å². The van der Waals surface area contributed by atoms with Crippen LogP contribution in [-0.2, 0) is 14.3 Å². The second-order valence-electron chi connectivity index (χ2n) is 7.58. The maximum Gasteiger partial charge on any atom is 0.350 e. The Labute approximate surface area is 195 Å². The van der Waals surface area contributed by atoms with Gasteiger partial charge in [0, 0.05) is 5.56 Å². The molecule has 1 aliphatic heterocycles. The van der Waals surface area contributed by atoms with E-state index in [2.05, 4.69) is 4.98 Å². The second kappa shape index (κ2) is 8.99. The number of ether oxygens (including phenoxy) is 1. The van der Waals surface area contributed by atoms with Crippen LogP contribution < -0.4 is 4.90 Å². The van der Waals surface area contributed by atoms with Crippen molar-refractivity contribution in [3.8, 4) is 0 Å². The number of esters is 1. The number of nitrogens with zero attached hydrogens (tertiary/aromatic N) is 2. The van der Waals surface area contributed by atoms with E-state index in [0.29, 0.717) is 16.8 Å². The summed E-state index contributed by atoms with van der Waals surface area (Å²) >= 11 is 0.984. The van der Waals surface area contributed by atoms with Gasteiger partial charge in [-0.3, -0.25) is 14.5 Å². The summed E-state index contributed by atoms with van der Waals surface area (Å²) in [6, 6.07) is 15.1. The molecule has 0 spiro atoms. The molecule has 0 aliphatic carbocycles. The van der Waals surface area contributed by atoms with Crippen LogP contribution in [0.5, 0.6) is 0 Å². The smallest absolute Gasteiger partial charge is 0.350 e. The topological polar surface area (TPSA) is 96.8 Å². The summed E-state index contributed by atoms with van der Waals surface area (Å²) in [6.45, 7) is 5.47. The van der Waals surface area contributed by atoms with Crippen LogP contribution in [-0.4, -0.2) is 34.4 Å². The summed E-state index contributed by atoms with van der Waals surface area (Å²) in [5.74, 6) is -2.43. The van der Waals surface area contributed by atoms with Gasteiger partial charge in [0.1, 0.15) is 10.6 Å². The predicted octanol–water partition coefficient (Wildman–Crippen LogP) is 4.56. The number of benzene rings is 2. The lowest BCUT2D eigenvalue weighted by atomic mass is 9.95. The minimum Gasteiger partial charge on any atom is -0.507 e.